The maximum Gasteiger partial charge on any atom is 0.251 e. The molecule has 0 radical (unpaired) electrons. The number of carbonyl (C=O) groups excluding carboxylic acids is 1. The van der Waals surface area contributed by atoms with Gasteiger partial charge in [0.05, 0.1) is 12.1 Å². The molecule has 118 valence electrons. The van der Waals surface area contributed by atoms with Gasteiger partial charge in [0.2, 0.25) is 0 Å². The van der Waals surface area contributed by atoms with E-state index < -0.39 is 6.10 Å². The number of carbonyl (C=O) groups is 1. The van der Waals surface area contributed by atoms with Gasteiger partial charge in [-0.25, -0.2) is 0 Å². The summed E-state index contributed by atoms with van der Waals surface area (Å²) in [6.07, 6.45) is 0.657. The molecule has 5 heteroatoms. The van der Waals surface area contributed by atoms with Gasteiger partial charge < -0.3 is 20.1 Å². The van der Waals surface area contributed by atoms with Gasteiger partial charge in [0.1, 0.15) is 6.10 Å². The zero-order valence-corrected chi connectivity index (χ0v) is 13.1. The van der Waals surface area contributed by atoms with Crippen molar-refractivity contribution < 1.29 is 14.6 Å². The molecular formula is C17H22N2O3. The zero-order chi connectivity index (χ0) is 15.9. The molecule has 1 aliphatic rings. The van der Waals surface area contributed by atoms with Gasteiger partial charge in [-0.15, -0.1) is 0 Å². The molecule has 0 spiro atoms. The minimum absolute atomic E-state index is 0.152. The number of amides is 1. The molecule has 0 aliphatic heterocycles. The molecule has 1 aromatic heterocycles. The van der Waals surface area contributed by atoms with Crippen LogP contribution in [0.2, 0.25) is 0 Å². The molecule has 0 saturated heterocycles. The Balaban J connectivity index is 1.79. The van der Waals surface area contributed by atoms with Crippen LogP contribution in [0.15, 0.2) is 18.2 Å². The molecular weight excluding hydrogens is 280 g/mol. The highest BCUT2D eigenvalue weighted by Crippen LogP contribution is 2.24. The number of aromatic nitrogens is 1. The molecule has 5 nitrogen and oxygen atoms in total. The summed E-state index contributed by atoms with van der Waals surface area (Å²) in [5.74, 6) is -0.152. The van der Waals surface area contributed by atoms with E-state index in [2.05, 4.69) is 10.3 Å². The molecule has 1 saturated carbocycles. The van der Waals surface area contributed by atoms with Crippen LogP contribution in [0, 0.1) is 13.8 Å². The number of aromatic amines is 1. The number of aliphatic hydroxyl groups excluding tert-OH is 1. The normalized spacial score (nSPS) is 24.8. The Morgan fingerprint density at radius 3 is 2.82 bits per heavy atom. The minimum Gasteiger partial charge on any atom is -0.388 e. The molecule has 1 heterocycles. The summed E-state index contributed by atoms with van der Waals surface area (Å²) in [6, 6.07) is 5.39. The number of aliphatic hydroxyl groups is 1. The molecule has 1 amide bonds. The van der Waals surface area contributed by atoms with E-state index in [4.69, 9.17) is 4.74 Å². The highest BCUT2D eigenvalue weighted by Gasteiger charge is 2.35. The maximum absolute atomic E-state index is 12.4. The van der Waals surface area contributed by atoms with E-state index in [0.717, 1.165) is 35.0 Å². The Morgan fingerprint density at radius 2 is 2.14 bits per heavy atom. The number of benzene rings is 1. The summed E-state index contributed by atoms with van der Waals surface area (Å²) in [6.45, 7) is 4.06. The summed E-state index contributed by atoms with van der Waals surface area (Å²) in [7, 11) is 1.59. The molecule has 1 fully saturated rings. The zero-order valence-electron chi connectivity index (χ0n) is 13.1. The Bertz CT molecular complexity index is 707. The van der Waals surface area contributed by atoms with Gasteiger partial charge in [0.25, 0.3) is 5.91 Å². The van der Waals surface area contributed by atoms with E-state index in [1.165, 1.54) is 0 Å². The quantitative estimate of drug-likeness (QED) is 0.812. The van der Waals surface area contributed by atoms with Crippen LogP contribution < -0.4 is 5.32 Å². The lowest BCUT2D eigenvalue weighted by atomic mass is 10.1. The van der Waals surface area contributed by atoms with Crippen LogP contribution in [-0.4, -0.2) is 41.4 Å². The highest BCUT2D eigenvalue weighted by molar-refractivity contribution is 5.99. The van der Waals surface area contributed by atoms with E-state index in [0.29, 0.717) is 5.56 Å². The van der Waals surface area contributed by atoms with Crippen molar-refractivity contribution in [3.63, 3.8) is 0 Å². The average Bonchev–Trinajstić information content (AvgIpc) is 3.00. The molecule has 1 aromatic carbocycles. The van der Waals surface area contributed by atoms with Crippen molar-refractivity contribution in [2.45, 2.75) is 44.9 Å². The van der Waals surface area contributed by atoms with Gasteiger partial charge in [-0.05, 0) is 50.5 Å². The second-order valence-corrected chi connectivity index (χ2v) is 6.06. The number of hydrogen-bond acceptors (Lipinski definition) is 3. The van der Waals surface area contributed by atoms with Crippen molar-refractivity contribution in [1.29, 1.82) is 0 Å². The van der Waals surface area contributed by atoms with E-state index >= 15 is 0 Å². The predicted molar refractivity (Wildman–Crippen MR) is 85.1 cm³/mol. The number of aryl methyl sites for hydroxylation is 2. The molecule has 0 bridgehead atoms. The second-order valence-electron chi connectivity index (χ2n) is 6.06. The summed E-state index contributed by atoms with van der Waals surface area (Å²) >= 11 is 0. The lowest BCUT2D eigenvalue weighted by Crippen LogP contribution is -2.43. The number of methoxy groups -OCH3 is 1. The van der Waals surface area contributed by atoms with Crippen LogP contribution in [0.5, 0.6) is 0 Å². The molecule has 2 aromatic rings. The molecule has 3 N–H and O–H groups in total. The molecule has 22 heavy (non-hydrogen) atoms. The van der Waals surface area contributed by atoms with Crippen LogP contribution >= 0.6 is 0 Å². The average molecular weight is 302 g/mol. The van der Waals surface area contributed by atoms with Gasteiger partial charge in [0, 0.05) is 29.3 Å². The number of hydrogen-bond donors (Lipinski definition) is 3. The standard InChI is InChI=1S/C17H22N2O3/c1-9-10(2)18-13-5-4-11(8-12(9)13)17(21)19-14-6-7-15(22-3)16(14)20/h4-5,8,14-16,18,20H,6-7H2,1-3H3,(H,19,21)/t14-,15-,16-/m1/s1. The van der Waals surface area contributed by atoms with Crippen LogP contribution in [0.1, 0.15) is 34.5 Å². The summed E-state index contributed by atoms with van der Waals surface area (Å²) < 4.78 is 5.21. The van der Waals surface area contributed by atoms with Gasteiger partial charge in [-0.3, -0.25) is 4.79 Å². The fourth-order valence-electron chi connectivity index (χ4n) is 3.21. The predicted octanol–water partition coefficient (Wildman–Crippen LogP) is 2.05. The van der Waals surface area contributed by atoms with Gasteiger partial charge in [-0.1, -0.05) is 0 Å². The third kappa shape index (κ3) is 2.51. The summed E-state index contributed by atoms with van der Waals surface area (Å²) in [5.41, 5.74) is 3.92. The fraction of sp³-hybridized carbons (Fsp3) is 0.471. The summed E-state index contributed by atoms with van der Waals surface area (Å²) in [5, 5.41) is 14.1. The summed E-state index contributed by atoms with van der Waals surface area (Å²) in [4.78, 5) is 15.7. The first-order chi connectivity index (χ1) is 10.5. The fourth-order valence-corrected chi connectivity index (χ4v) is 3.21. The number of rotatable bonds is 3. The van der Waals surface area contributed by atoms with Crippen molar-refractivity contribution in [2.24, 2.45) is 0 Å². The highest BCUT2D eigenvalue weighted by atomic mass is 16.5. The minimum atomic E-state index is -0.645. The third-order valence-corrected chi connectivity index (χ3v) is 4.75. The topological polar surface area (TPSA) is 74.3 Å². The molecule has 1 aliphatic carbocycles. The first kappa shape index (κ1) is 15.1. The monoisotopic (exact) mass is 302 g/mol. The van der Waals surface area contributed by atoms with Gasteiger partial charge in [0.15, 0.2) is 0 Å². The van der Waals surface area contributed by atoms with E-state index in [1.807, 2.05) is 32.0 Å². The van der Waals surface area contributed by atoms with Crippen LogP contribution in [0.3, 0.4) is 0 Å². The lowest BCUT2D eigenvalue weighted by molar-refractivity contribution is 0.000208. The smallest absolute Gasteiger partial charge is 0.251 e. The Kier molecular flexibility index (Phi) is 3.93. The first-order valence-electron chi connectivity index (χ1n) is 7.62. The van der Waals surface area contributed by atoms with E-state index in [1.54, 1.807) is 7.11 Å². The largest absolute Gasteiger partial charge is 0.388 e. The maximum atomic E-state index is 12.4. The molecule has 0 unspecified atom stereocenters. The van der Waals surface area contributed by atoms with Crippen molar-refractivity contribution in [3.8, 4) is 0 Å². The van der Waals surface area contributed by atoms with Crippen LogP contribution in [0.4, 0.5) is 0 Å². The van der Waals surface area contributed by atoms with Gasteiger partial charge in [-0.2, -0.15) is 0 Å². The lowest BCUT2D eigenvalue weighted by Gasteiger charge is -2.19. The van der Waals surface area contributed by atoms with Crippen LogP contribution in [0.25, 0.3) is 10.9 Å². The molecule has 3 atom stereocenters. The SMILES string of the molecule is CO[C@@H]1CC[C@@H](NC(=O)c2ccc3[nH]c(C)c(C)c3c2)[C@H]1O. The Hall–Kier alpha value is -1.85. The number of nitrogens with one attached hydrogen (secondary N) is 2. The van der Waals surface area contributed by atoms with Crippen molar-refractivity contribution >= 4 is 16.8 Å². The molecule has 3 rings (SSSR count). The number of fused-ring (bicyclic) bond motifs is 1. The van der Waals surface area contributed by atoms with Gasteiger partial charge >= 0.3 is 0 Å². The Labute approximate surface area is 129 Å². The second kappa shape index (κ2) is 5.74. The number of H-pyrrole nitrogens is 1. The van der Waals surface area contributed by atoms with E-state index in [-0.39, 0.29) is 18.1 Å². The van der Waals surface area contributed by atoms with Crippen molar-refractivity contribution in [1.82, 2.24) is 10.3 Å². The van der Waals surface area contributed by atoms with Crippen molar-refractivity contribution in [3.05, 3.63) is 35.0 Å². The third-order valence-electron chi connectivity index (χ3n) is 4.75. The Morgan fingerprint density at radius 1 is 1.36 bits per heavy atom. The van der Waals surface area contributed by atoms with Crippen LogP contribution in [-0.2, 0) is 4.74 Å². The van der Waals surface area contributed by atoms with E-state index in [9.17, 15) is 9.90 Å². The number of ether oxygens (including phenoxy) is 1. The van der Waals surface area contributed by atoms with Crippen molar-refractivity contribution in [2.75, 3.05) is 7.11 Å². The first-order valence-corrected chi connectivity index (χ1v) is 7.62.